The van der Waals surface area contributed by atoms with Gasteiger partial charge >= 0.3 is 0 Å². The lowest BCUT2D eigenvalue weighted by Crippen LogP contribution is -2.66. The van der Waals surface area contributed by atoms with Crippen molar-refractivity contribution in [1.29, 1.82) is 0 Å². The predicted molar refractivity (Wildman–Crippen MR) is 169 cm³/mol. The number of amides is 2. The Kier molecular flexibility index (Phi) is 7.51. The normalized spacial score (nSPS) is 24.9. The molecular formula is C34H43FN6O3. The van der Waals surface area contributed by atoms with Crippen molar-refractivity contribution in [3.05, 3.63) is 53.0 Å². The van der Waals surface area contributed by atoms with E-state index in [0.29, 0.717) is 37.3 Å². The van der Waals surface area contributed by atoms with E-state index in [1.807, 2.05) is 6.92 Å². The topological polar surface area (TPSA) is 72.5 Å². The van der Waals surface area contributed by atoms with E-state index in [1.54, 1.807) is 11.9 Å². The summed E-state index contributed by atoms with van der Waals surface area (Å²) in [5.41, 5.74) is 8.03. The zero-order chi connectivity index (χ0) is 30.7. The number of aryl methyl sites for hydroxylation is 1. The number of halogens is 1. The number of carbonyl (C=O) groups is 2. The number of anilines is 3. The van der Waals surface area contributed by atoms with Crippen LogP contribution in [0.5, 0.6) is 5.88 Å². The molecule has 1 aliphatic carbocycles. The highest BCUT2D eigenvalue weighted by Crippen LogP contribution is 2.48. The summed E-state index contributed by atoms with van der Waals surface area (Å²) in [6, 6.07) is 6.09. The fraction of sp³-hybridized carbons (Fsp3) is 0.559. The summed E-state index contributed by atoms with van der Waals surface area (Å²) in [4.78, 5) is 41.8. The molecule has 0 spiro atoms. The Bertz CT molecular complexity index is 1510. The first kappa shape index (κ1) is 29.1. The number of likely N-dealkylation sites (tertiary alicyclic amines) is 1. The second-order valence-electron chi connectivity index (χ2n) is 13.2. The van der Waals surface area contributed by atoms with Crippen LogP contribution in [0.15, 0.2) is 30.6 Å². The van der Waals surface area contributed by atoms with Gasteiger partial charge in [-0.05, 0) is 82.7 Å². The molecule has 2 aromatic rings. The highest BCUT2D eigenvalue weighted by Gasteiger charge is 2.47. The molecule has 0 radical (unpaired) electrons. The van der Waals surface area contributed by atoms with Crippen LogP contribution in [0.1, 0.15) is 55.0 Å². The van der Waals surface area contributed by atoms with Gasteiger partial charge in [0.05, 0.1) is 24.5 Å². The number of hydrogen-bond acceptors (Lipinski definition) is 7. The van der Waals surface area contributed by atoms with E-state index >= 15 is 0 Å². The van der Waals surface area contributed by atoms with Crippen LogP contribution in [-0.4, -0.2) is 91.6 Å². The first-order valence-electron chi connectivity index (χ1n) is 16.2. The number of aromatic nitrogens is 1. The molecule has 3 atom stereocenters. The molecule has 234 valence electrons. The van der Waals surface area contributed by atoms with Crippen molar-refractivity contribution < 1.29 is 18.7 Å². The molecule has 2 amide bonds. The van der Waals surface area contributed by atoms with Crippen LogP contribution in [0.4, 0.5) is 21.5 Å². The third-order valence-corrected chi connectivity index (χ3v) is 10.5. The quantitative estimate of drug-likeness (QED) is 0.482. The van der Waals surface area contributed by atoms with Gasteiger partial charge in [-0.3, -0.25) is 9.59 Å². The number of ether oxygens (including phenoxy) is 1. The van der Waals surface area contributed by atoms with Gasteiger partial charge in [0, 0.05) is 43.5 Å². The van der Waals surface area contributed by atoms with Crippen molar-refractivity contribution in [2.45, 2.75) is 76.5 Å². The van der Waals surface area contributed by atoms with Gasteiger partial charge in [-0.25, -0.2) is 9.37 Å². The minimum absolute atomic E-state index is 0.105. The summed E-state index contributed by atoms with van der Waals surface area (Å²) >= 11 is 0. The van der Waals surface area contributed by atoms with Gasteiger partial charge in [-0.15, -0.1) is 0 Å². The zero-order valence-electron chi connectivity index (χ0n) is 26.1. The maximum atomic E-state index is 14.0. The molecule has 0 unspecified atom stereocenters. The lowest BCUT2D eigenvalue weighted by Gasteiger charge is -2.51. The molecule has 44 heavy (non-hydrogen) atoms. The maximum absolute atomic E-state index is 14.0. The van der Waals surface area contributed by atoms with Crippen molar-refractivity contribution >= 4 is 28.9 Å². The van der Waals surface area contributed by atoms with Crippen LogP contribution in [-0.2, 0) is 35.4 Å². The van der Waals surface area contributed by atoms with E-state index in [-0.39, 0.29) is 18.5 Å². The van der Waals surface area contributed by atoms with Gasteiger partial charge in [-0.1, -0.05) is 18.7 Å². The summed E-state index contributed by atoms with van der Waals surface area (Å²) in [5, 5.41) is 0. The summed E-state index contributed by atoms with van der Waals surface area (Å²) in [7, 11) is 3.90. The fourth-order valence-electron chi connectivity index (χ4n) is 8.07. The third-order valence-electron chi connectivity index (χ3n) is 10.5. The lowest BCUT2D eigenvalue weighted by molar-refractivity contribution is -0.133. The average molecular weight is 603 g/mol. The summed E-state index contributed by atoms with van der Waals surface area (Å²) < 4.78 is 20.5. The Morgan fingerprint density at radius 1 is 1.07 bits per heavy atom. The van der Waals surface area contributed by atoms with Crippen molar-refractivity contribution in [2.24, 2.45) is 0 Å². The average Bonchev–Trinajstić information content (AvgIpc) is 3.45. The minimum atomic E-state index is -1.00. The number of benzene rings is 1. The molecule has 1 aromatic heterocycles. The number of fused-ring (bicyclic) bond motifs is 6. The fourth-order valence-corrected chi connectivity index (χ4v) is 8.07. The van der Waals surface area contributed by atoms with E-state index in [1.165, 1.54) is 34.6 Å². The summed E-state index contributed by atoms with van der Waals surface area (Å²) in [6.07, 6.45) is 7.70. The van der Waals surface area contributed by atoms with Gasteiger partial charge in [0.2, 0.25) is 5.88 Å². The molecule has 5 heterocycles. The van der Waals surface area contributed by atoms with Crippen molar-refractivity contribution in [1.82, 2.24) is 14.8 Å². The molecule has 0 saturated carbocycles. The van der Waals surface area contributed by atoms with E-state index in [9.17, 15) is 14.0 Å². The molecule has 4 aliphatic heterocycles. The van der Waals surface area contributed by atoms with Gasteiger partial charge in [0.1, 0.15) is 18.3 Å². The standard InChI is InChI=1S/C34H43FN6O3/c1-21-17-41-29(19-40(21)33(42)22(2)35)34(43)38(4)31-30(41)26-14-16-39(28-13-7-10-23-9-5-6-12-25(23)28)18-27(26)36-32(31)44-20-24-11-8-15-37(24)3/h7,10,13,21,24,29H,2,5-6,8-9,11-12,14-20H2,1,3-4H3/t21-,24+,29-/m1/s1. The molecule has 9 nitrogen and oxygen atoms in total. The first-order valence-corrected chi connectivity index (χ1v) is 16.2. The largest absolute Gasteiger partial charge is 0.474 e. The second kappa shape index (κ2) is 11.4. The van der Waals surface area contributed by atoms with Crippen LogP contribution in [0.3, 0.4) is 0 Å². The number of rotatable bonds is 5. The smallest absolute Gasteiger partial charge is 0.282 e. The molecule has 5 aliphatic rings. The lowest BCUT2D eigenvalue weighted by atomic mass is 9.89. The molecule has 0 N–H and O–H groups in total. The van der Waals surface area contributed by atoms with Gasteiger partial charge in [0.15, 0.2) is 5.83 Å². The van der Waals surface area contributed by atoms with Gasteiger partial charge in [0.25, 0.3) is 11.8 Å². The van der Waals surface area contributed by atoms with E-state index in [2.05, 4.69) is 46.5 Å². The van der Waals surface area contributed by atoms with Gasteiger partial charge in [-0.2, -0.15) is 0 Å². The number of likely N-dealkylation sites (N-methyl/N-ethyl adjacent to an activating group) is 2. The summed E-state index contributed by atoms with van der Waals surface area (Å²) in [6.45, 7) is 8.71. The highest BCUT2D eigenvalue weighted by molar-refractivity contribution is 6.08. The maximum Gasteiger partial charge on any atom is 0.282 e. The van der Waals surface area contributed by atoms with Crippen molar-refractivity contribution in [2.75, 3.05) is 61.6 Å². The van der Waals surface area contributed by atoms with Crippen LogP contribution in [0.25, 0.3) is 0 Å². The molecule has 10 heteroatoms. The minimum Gasteiger partial charge on any atom is -0.474 e. The molecule has 2 saturated heterocycles. The Balaban J connectivity index is 1.29. The number of carbonyl (C=O) groups excluding carboxylic acids is 2. The number of piperazine rings is 1. The number of pyridine rings is 1. The van der Waals surface area contributed by atoms with Gasteiger partial charge < -0.3 is 29.2 Å². The van der Waals surface area contributed by atoms with E-state index in [4.69, 9.17) is 9.72 Å². The van der Waals surface area contributed by atoms with Crippen LogP contribution in [0, 0.1) is 0 Å². The van der Waals surface area contributed by atoms with Crippen LogP contribution < -0.4 is 19.4 Å². The Morgan fingerprint density at radius 2 is 1.89 bits per heavy atom. The van der Waals surface area contributed by atoms with Crippen LogP contribution >= 0.6 is 0 Å². The predicted octanol–water partition coefficient (Wildman–Crippen LogP) is 3.86. The molecule has 1 aromatic carbocycles. The molecule has 7 rings (SSSR count). The Morgan fingerprint density at radius 3 is 2.66 bits per heavy atom. The van der Waals surface area contributed by atoms with Crippen molar-refractivity contribution in [3.8, 4) is 5.88 Å². The molecule has 0 bridgehead atoms. The van der Waals surface area contributed by atoms with Crippen molar-refractivity contribution in [3.63, 3.8) is 0 Å². The van der Waals surface area contributed by atoms with E-state index < -0.39 is 17.8 Å². The Hall–Kier alpha value is -3.66. The van der Waals surface area contributed by atoms with Crippen LogP contribution in [0.2, 0.25) is 0 Å². The monoisotopic (exact) mass is 602 g/mol. The second-order valence-corrected chi connectivity index (χ2v) is 13.2. The zero-order valence-corrected chi connectivity index (χ0v) is 26.1. The molecular weight excluding hydrogens is 559 g/mol. The molecule has 2 fully saturated rings. The Labute approximate surface area is 259 Å². The SMILES string of the molecule is C=C(F)C(=O)N1C[C@@H]2C(=O)N(C)c3c(OC[C@@H]4CCCN4C)nc4c(c3N2C[C@H]1C)CCN(c1cccc2c1CCCC2)C4. The highest BCUT2D eigenvalue weighted by atomic mass is 19.1. The summed E-state index contributed by atoms with van der Waals surface area (Å²) in [5.74, 6) is -1.40. The van der Waals surface area contributed by atoms with E-state index in [0.717, 1.165) is 62.1 Å². The third kappa shape index (κ3) is 4.82. The number of nitrogens with zero attached hydrogens (tertiary/aromatic N) is 6. The number of hydrogen-bond donors (Lipinski definition) is 0. The first-order chi connectivity index (χ1) is 21.2.